The van der Waals surface area contributed by atoms with Crippen molar-refractivity contribution in [3.05, 3.63) is 35.4 Å². The predicted molar refractivity (Wildman–Crippen MR) is 78.8 cm³/mol. The molecule has 4 heteroatoms. The molecule has 0 saturated heterocycles. The summed E-state index contributed by atoms with van der Waals surface area (Å²) in [5.74, 6) is 0.0328. The van der Waals surface area contributed by atoms with Gasteiger partial charge in [0.2, 0.25) is 0 Å². The fraction of sp³-hybridized carbons (Fsp3) is 0.429. The zero-order valence-electron chi connectivity index (χ0n) is 11.1. The first kappa shape index (κ1) is 14.6. The van der Waals surface area contributed by atoms with Crippen molar-refractivity contribution >= 4 is 23.1 Å². The van der Waals surface area contributed by atoms with Crippen LogP contribution in [0.1, 0.15) is 42.6 Å². The molecule has 1 unspecified atom stereocenters. The largest absolute Gasteiger partial charge is 0.389 e. The van der Waals surface area contributed by atoms with Crippen LogP contribution in [-0.4, -0.2) is 28.9 Å². The highest BCUT2D eigenvalue weighted by molar-refractivity contribution is 7.80. The molecule has 0 aliphatic heterocycles. The number of nitrogens with zero attached hydrogens (tertiary/aromatic N) is 1. The first-order valence-corrected chi connectivity index (χ1v) is 6.55. The third-order valence-electron chi connectivity index (χ3n) is 3.10. The smallest absolute Gasteiger partial charge is 0.253 e. The highest BCUT2D eigenvalue weighted by atomic mass is 32.1. The summed E-state index contributed by atoms with van der Waals surface area (Å²) in [6.07, 6.45) is 2.08. The number of nitrogens with two attached hydrogens (primary N) is 1. The molecule has 0 aromatic heterocycles. The van der Waals surface area contributed by atoms with Crippen LogP contribution in [0.5, 0.6) is 0 Å². The second-order valence-corrected chi connectivity index (χ2v) is 4.94. The van der Waals surface area contributed by atoms with Gasteiger partial charge in [0.25, 0.3) is 5.91 Å². The lowest BCUT2D eigenvalue weighted by Gasteiger charge is -2.24. The van der Waals surface area contributed by atoms with Gasteiger partial charge in [0.1, 0.15) is 4.99 Å². The average Bonchev–Trinajstić information content (AvgIpc) is 2.37. The van der Waals surface area contributed by atoms with E-state index in [1.807, 2.05) is 7.05 Å². The molecule has 0 fully saturated rings. The van der Waals surface area contributed by atoms with Crippen molar-refractivity contribution in [2.75, 3.05) is 7.05 Å². The van der Waals surface area contributed by atoms with E-state index < -0.39 is 0 Å². The Morgan fingerprint density at radius 3 is 2.28 bits per heavy atom. The molecule has 1 aromatic rings. The second-order valence-electron chi connectivity index (χ2n) is 4.50. The molecule has 0 saturated carbocycles. The first-order chi connectivity index (χ1) is 8.47. The Bertz CT molecular complexity index is 428. The Kier molecular flexibility index (Phi) is 5.28. The van der Waals surface area contributed by atoms with Crippen LogP contribution >= 0.6 is 12.2 Å². The van der Waals surface area contributed by atoms with Crippen LogP contribution in [0.15, 0.2) is 24.3 Å². The van der Waals surface area contributed by atoms with Crippen molar-refractivity contribution in [2.45, 2.75) is 32.7 Å². The minimum atomic E-state index is 0.0328. The van der Waals surface area contributed by atoms with E-state index in [4.69, 9.17) is 18.0 Å². The lowest BCUT2D eigenvalue weighted by Crippen LogP contribution is -2.34. The molecule has 0 heterocycles. The van der Waals surface area contributed by atoms with Crippen LogP contribution in [0.2, 0.25) is 0 Å². The molecule has 1 aromatic carbocycles. The van der Waals surface area contributed by atoms with E-state index in [1.165, 1.54) is 0 Å². The maximum Gasteiger partial charge on any atom is 0.253 e. The maximum absolute atomic E-state index is 12.2. The molecule has 3 nitrogen and oxygen atoms in total. The van der Waals surface area contributed by atoms with E-state index in [1.54, 1.807) is 29.2 Å². The molecular weight excluding hydrogens is 244 g/mol. The quantitative estimate of drug-likeness (QED) is 0.831. The minimum Gasteiger partial charge on any atom is -0.389 e. The standard InChI is InChI=1S/C14H20N2OS/c1-4-5-10(2)16(3)14(17)12-8-6-11(7-9-12)13(15)18/h6-10H,4-5H2,1-3H3,(H2,15,18). The molecule has 1 rings (SSSR count). The summed E-state index contributed by atoms with van der Waals surface area (Å²) >= 11 is 4.88. The van der Waals surface area contributed by atoms with Gasteiger partial charge in [-0.3, -0.25) is 4.79 Å². The minimum absolute atomic E-state index is 0.0328. The summed E-state index contributed by atoms with van der Waals surface area (Å²) in [4.78, 5) is 14.3. The van der Waals surface area contributed by atoms with Crippen molar-refractivity contribution in [2.24, 2.45) is 5.73 Å². The molecule has 0 bridgehead atoms. The third kappa shape index (κ3) is 3.53. The van der Waals surface area contributed by atoms with E-state index >= 15 is 0 Å². The molecule has 1 amide bonds. The van der Waals surface area contributed by atoms with Gasteiger partial charge < -0.3 is 10.6 Å². The van der Waals surface area contributed by atoms with Gasteiger partial charge in [-0.05, 0) is 25.5 Å². The average molecular weight is 264 g/mol. The number of rotatable bonds is 5. The van der Waals surface area contributed by atoms with Gasteiger partial charge in [-0.1, -0.05) is 37.7 Å². The van der Waals surface area contributed by atoms with Gasteiger partial charge in [-0.2, -0.15) is 0 Å². The van der Waals surface area contributed by atoms with Gasteiger partial charge >= 0.3 is 0 Å². The number of amides is 1. The third-order valence-corrected chi connectivity index (χ3v) is 3.34. The molecular formula is C14H20N2OS. The summed E-state index contributed by atoms with van der Waals surface area (Å²) in [6, 6.07) is 7.36. The molecule has 98 valence electrons. The number of benzene rings is 1. The number of hydrogen-bond acceptors (Lipinski definition) is 2. The Balaban J connectivity index is 2.80. The lowest BCUT2D eigenvalue weighted by molar-refractivity contribution is 0.0737. The Hall–Kier alpha value is -1.42. The van der Waals surface area contributed by atoms with Gasteiger partial charge in [0, 0.05) is 24.2 Å². The van der Waals surface area contributed by atoms with Gasteiger partial charge in [-0.25, -0.2) is 0 Å². The Morgan fingerprint density at radius 1 is 1.33 bits per heavy atom. The summed E-state index contributed by atoms with van der Waals surface area (Å²) in [5, 5.41) is 0. The van der Waals surface area contributed by atoms with E-state index in [0.29, 0.717) is 10.6 Å². The molecule has 0 spiro atoms. The van der Waals surface area contributed by atoms with Crippen molar-refractivity contribution < 1.29 is 4.79 Å². The molecule has 0 radical (unpaired) electrons. The number of hydrogen-bond donors (Lipinski definition) is 1. The van der Waals surface area contributed by atoms with Crippen LogP contribution in [0.25, 0.3) is 0 Å². The van der Waals surface area contributed by atoms with Crippen molar-refractivity contribution in [3.63, 3.8) is 0 Å². The molecule has 18 heavy (non-hydrogen) atoms. The van der Waals surface area contributed by atoms with Crippen molar-refractivity contribution in [1.82, 2.24) is 4.90 Å². The van der Waals surface area contributed by atoms with Gasteiger partial charge in [0.05, 0.1) is 0 Å². The van der Waals surface area contributed by atoms with E-state index in [-0.39, 0.29) is 11.9 Å². The number of carbonyl (C=O) groups excluding carboxylic acids is 1. The fourth-order valence-corrected chi connectivity index (χ4v) is 1.93. The zero-order valence-corrected chi connectivity index (χ0v) is 12.0. The lowest BCUT2D eigenvalue weighted by atomic mass is 10.1. The van der Waals surface area contributed by atoms with Crippen LogP contribution in [0.3, 0.4) is 0 Å². The summed E-state index contributed by atoms with van der Waals surface area (Å²) in [5.41, 5.74) is 6.97. The van der Waals surface area contributed by atoms with Crippen LogP contribution in [-0.2, 0) is 0 Å². The SMILES string of the molecule is CCCC(C)N(C)C(=O)c1ccc(C(N)=S)cc1. The van der Waals surface area contributed by atoms with Crippen molar-refractivity contribution in [1.29, 1.82) is 0 Å². The fourth-order valence-electron chi connectivity index (χ4n) is 1.79. The first-order valence-electron chi connectivity index (χ1n) is 6.14. The highest BCUT2D eigenvalue weighted by Crippen LogP contribution is 2.11. The predicted octanol–water partition coefficient (Wildman–Crippen LogP) is 2.58. The van der Waals surface area contributed by atoms with E-state index in [9.17, 15) is 4.79 Å². The maximum atomic E-state index is 12.2. The van der Waals surface area contributed by atoms with Crippen LogP contribution in [0, 0.1) is 0 Å². The number of carbonyl (C=O) groups is 1. The van der Waals surface area contributed by atoms with E-state index in [2.05, 4.69) is 13.8 Å². The Labute approximate surface area is 114 Å². The van der Waals surface area contributed by atoms with Crippen LogP contribution in [0.4, 0.5) is 0 Å². The summed E-state index contributed by atoms with van der Waals surface area (Å²) in [7, 11) is 1.84. The normalized spacial score (nSPS) is 11.9. The second kappa shape index (κ2) is 6.50. The summed E-state index contributed by atoms with van der Waals surface area (Å²) in [6.45, 7) is 4.18. The van der Waals surface area contributed by atoms with Crippen molar-refractivity contribution in [3.8, 4) is 0 Å². The molecule has 0 aliphatic rings. The molecule has 0 aliphatic carbocycles. The number of thiocarbonyl (C=S) groups is 1. The van der Waals surface area contributed by atoms with E-state index in [0.717, 1.165) is 18.4 Å². The zero-order chi connectivity index (χ0) is 13.7. The monoisotopic (exact) mass is 264 g/mol. The van der Waals surface area contributed by atoms with Crippen LogP contribution < -0.4 is 5.73 Å². The highest BCUT2D eigenvalue weighted by Gasteiger charge is 2.16. The molecule has 2 N–H and O–H groups in total. The topological polar surface area (TPSA) is 46.3 Å². The Morgan fingerprint density at radius 2 is 1.83 bits per heavy atom. The summed E-state index contributed by atoms with van der Waals surface area (Å²) < 4.78 is 0. The molecule has 1 atom stereocenters. The van der Waals surface area contributed by atoms with Gasteiger partial charge in [-0.15, -0.1) is 0 Å². The van der Waals surface area contributed by atoms with Gasteiger partial charge in [0.15, 0.2) is 0 Å².